The molecule has 1 amide bonds. The molecule has 204 valence electrons. The van der Waals surface area contributed by atoms with E-state index in [0.29, 0.717) is 27.6 Å². The number of methoxy groups -OCH3 is 2. The van der Waals surface area contributed by atoms with Crippen LogP contribution in [0.3, 0.4) is 0 Å². The maximum Gasteiger partial charge on any atom is 0.238 e. The fraction of sp³-hybridized carbons (Fsp3) is 0.182. The average molecular weight is 563 g/mol. The Labute approximate surface area is 241 Å². The fourth-order valence-corrected chi connectivity index (χ4v) is 7.60. The number of nitrogens with one attached hydrogen (secondary N) is 1. The molecule has 1 N–H and O–H groups in total. The summed E-state index contributed by atoms with van der Waals surface area (Å²) in [5.41, 5.74) is 2.25. The molecular weight excluding hydrogens is 536 g/mol. The van der Waals surface area contributed by atoms with Gasteiger partial charge in [-0.2, -0.15) is 0 Å². The molecule has 7 nitrogen and oxygen atoms in total. The molecule has 4 heterocycles. The minimum Gasteiger partial charge on any atom is -0.493 e. The quantitative estimate of drug-likeness (QED) is 0.302. The van der Waals surface area contributed by atoms with Crippen molar-refractivity contribution in [1.82, 2.24) is 4.90 Å². The van der Waals surface area contributed by atoms with E-state index >= 15 is 0 Å². The summed E-state index contributed by atoms with van der Waals surface area (Å²) in [5, 5.41) is 4.91. The number of amides is 1. The van der Waals surface area contributed by atoms with Crippen LogP contribution < -0.4 is 14.8 Å². The van der Waals surface area contributed by atoms with E-state index in [1.165, 1.54) is 25.6 Å². The van der Waals surface area contributed by atoms with Crippen LogP contribution in [-0.4, -0.2) is 42.6 Å². The molecular formula is C33H26N2O5S. The van der Waals surface area contributed by atoms with Gasteiger partial charge in [-0.15, -0.1) is 11.3 Å². The van der Waals surface area contributed by atoms with E-state index in [-0.39, 0.29) is 17.5 Å². The molecule has 0 radical (unpaired) electrons. The summed E-state index contributed by atoms with van der Waals surface area (Å²) in [6, 6.07) is 22.4. The maximum absolute atomic E-state index is 14.7. The number of rotatable bonds is 6. The van der Waals surface area contributed by atoms with E-state index in [2.05, 4.69) is 5.32 Å². The molecule has 3 aromatic carbocycles. The van der Waals surface area contributed by atoms with Crippen LogP contribution in [0.5, 0.6) is 11.5 Å². The minimum absolute atomic E-state index is 0.231. The van der Waals surface area contributed by atoms with Crippen molar-refractivity contribution in [2.24, 2.45) is 5.92 Å². The molecule has 1 fully saturated rings. The number of nitrogens with zero attached hydrogens (tertiary/aromatic N) is 1. The van der Waals surface area contributed by atoms with Crippen LogP contribution in [0.15, 0.2) is 90.4 Å². The third-order valence-corrected chi connectivity index (χ3v) is 9.44. The minimum atomic E-state index is -1.35. The summed E-state index contributed by atoms with van der Waals surface area (Å²) in [4.78, 5) is 46.2. The molecule has 7 rings (SSSR count). The molecule has 0 saturated carbocycles. The maximum atomic E-state index is 14.7. The van der Waals surface area contributed by atoms with E-state index in [1.54, 1.807) is 24.3 Å². The lowest BCUT2D eigenvalue weighted by molar-refractivity contribution is -0.122. The highest BCUT2D eigenvalue weighted by molar-refractivity contribution is 7.12. The topological polar surface area (TPSA) is 84.9 Å². The number of thiophene rings is 1. The van der Waals surface area contributed by atoms with Gasteiger partial charge in [-0.25, -0.2) is 0 Å². The Morgan fingerprint density at radius 3 is 2.46 bits per heavy atom. The van der Waals surface area contributed by atoms with Crippen molar-refractivity contribution in [3.63, 3.8) is 0 Å². The van der Waals surface area contributed by atoms with Crippen LogP contribution in [0.25, 0.3) is 6.08 Å². The van der Waals surface area contributed by atoms with Crippen molar-refractivity contribution in [2.75, 3.05) is 19.5 Å². The first-order valence-corrected chi connectivity index (χ1v) is 14.2. The van der Waals surface area contributed by atoms with Gasteiger partial charge in [-0.05, 0) is 58.5 Å². The van der Waals surface area contributed by atoms with Crippen LogP contribution in [0.1, 0.15) is 42.8 Å². The number of hydrogen-bond acceptors (Lipinski definition) is 7. The molecule has 0 unspecified atom stereocenters. The molecule has 1 saturated heterocycles. The lowest BCUT2D eigenvalue weighted by Gasteiger charge is -2.38. The Hall–Kier alpha value is -4.69. The summed E-state index contributed by atoms with van der Waals surface area (Å²) < 4.78 is 10.9. The number of carbonyl (C=O) groups is 3. The summed E-state index contributed by atoms with van der Waals surface area (Å²) >= 11 is 1.32. The van der Waals surface area contributed by atoms with Crippen LogP contribution >= 0.6 is 11.3 Å². The molecule has 8 heteroatoms. The van der Waals surface area contributed by atoms with Crippen molar-refractivity contribution in [1.29, 1.82) is 0 Å². The smallest absolute Gasteiger partial charge is 0.238 e. The van der Waals surface area contributed by atoms with E-state index in [9.17, 15) is 14.4 Å². The Balaban J connectivity index is 1.51. The Morgan fingerprint density at radius 2 is 1.68 bits per heavy atom. The zero-order valence-electron chi connectivity index (χ0n) is 22.4. The van der Waals surface area contributed by atoms with E-state index in [4.69, 9.17) is 9.47 Å². The van der Waals surface area contributed by atoms with Gasteiger partial charge in [0.2, 0.25) is 5.91 Å². The van der Waals surface area contributed by atoms with Crippen molar-refractivity contribution in [3.05, 3.63) is 118 Å². The Kier molecular flexibility index (Phi) is 5.83. The van der Waals surface area contributed by atoms with Gasteiger partial charge in [0.05, 0.1) is 31.1 Å². The number of carbonyl (C=O) groups excluding carboxylic acids is 3. The molecule has 4 atom stereocenters. The number of Topliss-reactive ketones (excluding diaryl/α,β-unsaturated/α-hetero) is 2. The van der Waals surface area contributed by atoms with Crippen LogP contribution in [-0.2, 0) is 10.2 Å². The normalized spacial score (nSPS) is 23.5. The zero-order valence-corrected chi connectivity index (χ0v) is 23.2. The largest absolute Gasteiger partial charge is 0.493 e. The number of anilines is 1. The summed E-state index contributed by atoms with van der Waals surface area (Å²) in [7, 11) is 3.05. The van der Waals surface area contributed by atoms with Gasteiger partial charge in [0.25, 0.3) is 0 Å². The number of fused-ring (bicyclic) bond motifs is 6. The third-order valence-electron chi connectivity index (χ3n) is 8.55. The van der Waals surface area contributed by atoms with E-state index < -0.39 is 23.4 Å². The second-order valence-electron chi connectivity index (χ2n) is 10.4. The molecule has 3 aliphatic heterocycles. The van der Waals surface area contributed by atoms with Crippen molar-refractivity contribution in [2.45, 2.75) is 17.5 Å². The monoisotopic (exact) mass is 562 g/mol. The first-order valence-electron chi connectivity index (χ1n) is 13.3. The second kappa shape index (κ2) is 9.45. The van der Waals surface area contributed by atoms with Crippen molar-refractivity contribution in [3.8, 4) is 11.5 Å². The van der Waals surface area contributed by atoms with Crippen LogP contribution in [0, 0.1) is 5.92 Å². The highest BCUT2D eigenvalue weighted by atomic mass is 32.1. The van der Waals surface area contributed by atoms with Gasteiger partial charge in [-0.1, -0.05) is 48.5 Å². The number of hydrogen-bond donors (Lipinski definition) is 1. The number of ketones is 2. The number of benzene rings is 3. The molecule has 0 aliphatic carbocycles. The van der Waals surface area contributed by atoms with E-state index in [0.717, 1.165) is 16.7 Å². The predicted octanol–water partition coefficient (Wildman–Crippen LogP) is 5.75. The molecule has 0 bridgehead atoms. The predicted molar refractivity (Wildman–Crippen MR) is 157 cm³/mol. The molecule has 1 spiro atoms. The van der Waals surface area contributed by atoms with Gasteiger partial charge < -0.3 is 19.7 Å². The fourth-order valence-electron chi connectivity index (χ4n) is 6.90. The van der Waals surface area contributed by atoms with E-state index in [1.807, 2.05) is 77.2 Å². The molecule has 4 aromatic rings. The zero-order chi connectivity index (χ0) is 28.3. The average Bonchev–Trinajstić information content (AvgIpc) is 3.73. The van der Waals surface area contributed by atoms with Gasteiger partial charge in [0.1, 0.15) is 11.5 Å². The standard InChI is InChI=1S/C33H26N2O5S/c1-39-24-14-13-20(18-25(24)40-2)29(36)28-27(30(37)26-12-7-17-41-26)33(22-10-5-6-11-23(22)34-32(33)38)31-21-9-4-3-8-19(21)15-16-35(28)31/h3-18,27-28,31H,1-2H3,(H,34,38)/t27-,28+,31-,33-/m1/s1. The number of ether oxygens (including phenoxy) is 2. The first kappa shape index (κ1) is 25.3. The molecule has 41 heavy (non-hydrogen) atoms. The van der Waals surface area contributed by atoms with Crippen molar-refractivity contribution >= 4 is 40.6 Å². The summed E-state index contributed by atoms with van der Waals surface area (Å²) in [6.07, 6.45) is 3.82. The Morgan fingerprint density at radius 1 is 0.902 bits per heavy atom. The van der Waals surface area contributed by atoms with Crippen LogP contribution in [0.4, 0.5) is 5.69 Å². The Bertz CT molecular complexity index is 1750. The lowest BCUT2D eigenvalue weighted by atomic mass is 9.63. The molecule has 1 aromatic heterocycles. The van der Waals surface area contributed by atoms with Crippen molar-refractivity contribution < 1.29 is 23.9 Å². The first-order chi connectivity index (χ1) is 20.0. The lowest BCUT2D eigenvalue weighted by Crippen LogP contribution is -2.49. The van der Waals surface area contributed by atoms with Gasteiger partial charge in [-0.3, -0.25) is 14.4 Å². The second-order valence-corrected chi connectivity index (χ2v) is 11.3. The highest BCUT2D eigenvalue weighted by Gasteiger charge is 2.70. The summed E-state index contributed by atoms with van der Waals surface area (Å²) in [6.45, 7) is 0. The third kappa shape index (κ3) is 3.47. The highest BCUT2D eigenvalue weighted by Crippen LogP contribution is 2.62. The molecule has 3 aliphatic rings. The van der Waals surface area contributed by atoms with Gasteiger partial charge in [0.15, 0.2) is 23.1 Å². The SMILES string of the molecule is COc1ccc(C(=O)[C@@H]2[C@H](C(=O)c3cccs3)[C@@]3(C(=O)Nc4ccccc43)[C@H]3c4ccccc4C=CN23)cc1OC. The van der Waals surface area contributed by atoms with Gasteiger partial charge in [0, 0.05) is 17.5 Å². The number of para-hydroxylation sites is 1. The van der Waals surface area contributed by atoms with Crippen LogP contribution in [0.2, 0.25) is 0 Å². The summed E-state index contributed by atoms with van der Waals surface area (Å²) in [5.74, 6) is -0.892. The van der Waals surface area contributed by atoms with Gasteiger partial charge >= 0.3 is 0 Å².